The van der Waals surface area contributed by atoms with E-state index < -0.39 is 0 Å². The fourth-order valence-corrected chi connectivity index (χ4v) is 2.37. The fourth-order valence-electron chi connectivity index (χ4n) is 1.40. The van der Waals surface area contributed by atoms with E-state index >= 15 is 0 Å². The molecule has 2 heterocycles. The largest absolute Gasteiger partial charge is 0.367 e. The first-order chi connectivity index (χ1) is 7.29. The van der Waals surface area contributed by atoms with Crippen LogP contribution in [-0.4, -0.2) is 16.5 Å². The zero-order valence-corrected chi connectivity index (χ0v) is 9.55. The van der Waals surface area contributed by atoms with Gasteiger partial charge < -0.3 is 10.7 Å². The average molecular weight is 221 g/mol. The lowest BCUT2D eigenvalue weighted by Crippen LogP contribution is -2.12. The number of hydrogen-bond donors (Lipinski definition) is 2. The Kier molecular flexibility index (Phi) is 3.18. The van der Waals surface area contributed by atoms with Crippen molar-refractivity contribution in [2.75, 3.05) is 6.54 Å². The van der Waals surface area contributed by atoms with Crippen LogP contribution >= 0.6 is 11.3 Å². The molecule has 1 unspecified atom stereocenters. The summed E-state index contributed by atoms with van der Waals surface area (Å²) in [6.07, 6.45) is 4.85. The van der Waals surface area contributed by atoms with Crippen LogP contribution in [0.3, 0.4) is 0 Å². The molecule has 0 saturated carbocycles. The zero-order valence-electron chi connectivity index (χ0n) is 8.73. The predicted octanol–water partition coefficient (Wildman–Crippen LogP) is 2.28. The number of nitrogens with one attached hydrogen (secondary N) is 1. The Balaban J connectivity index is 2.11. The number of hydrogen-bond acceptors (Lipinski definition) is 3. The van der Waals surface area contributed by atoms with Crippen molar-refractivity contribution < 1.29 is 0 Å². The summed E-state index contributed by atoms with van der Waals surface area (Å²) in [7, 11) is 0. The summed E-state index contributed by atoms with van der Waals surface area (Å²) in [5.41, 5.74) is 7.80. The Morgan fingerprint density at radius 2 is 2.47 bits per heavy atom. The SMILES string of the molecule is CC(CN)Cc1nc(-c2cc[nH]c2)cs1. The van der Waals surface area contributed by atoms with Gasteiger partial charge in [-0.2, -0.15) is 0 Å². The van der Waals surface area contributed by atoms with E-state index in [1.165, 1.54) is 5.01 Å². The molecular weight excluding hydrogens is 206 g/mol. The minimum atomic E-state index is 0.509. The summed E-state index contributed by atoms with van der Waals surface area (Å²) in [5.74, 6) is 0.509. The maximum atomic E-state index is 5.59. The molecule has 2 aromatic rings. The van der Waals surface area contributed by atoms with E-state index in [0.717, 1.165) is 24.2 Å². The van der Waals surface area contributed by atoms with E-state index in [1.54, 1.807) is 11.3 Å². The van der Waals surface area contributed by atoms with Gasteiger partial charge in [0.05, 0.1) is 10.7 Å². The minimum Gasteiger partial charge on any atom is -0.367 e. The van der Waals surface area contributed by atoms with Gasteiger partial charge in [0.2, 0.25) is 0 Å². The van der Waals surface area contributed by atoms with Crippen LogP contribution in [-0.2, 0) is 6.42 Å². The second-order valence-electron chi connectivity index (χ2n) is 3.77. The second kappa shape index (κ2) is 4.59. The topological polar surface area (TPSA) is 54.7 Å². The number of rotatable bonds is 4. The molecular formula is C11H15N3S. The number of H-pyrrole nitrogens is 1. The van der Waals surface area contributed by atoms with Crippen molar-refractivity contribution in [3.8, 4) is 11.3 Å². The Labute approximate surface area is 93.4 Å². The van der Waals surface area contributed by atoms with Gasteiger partial charge in [-0.25, -0.2) is 4.98 Å². The average Bonchev–Trinajstić information content (AvgIpc) is 2.85. The van der Waals surface area contributed by atoms with Gasteiger partial charge in [0.25, 0.3) is 0 Å². The minimum absolute atomic E-state index is 0.509. The summed E-state index contributed by atoms with van der Waals surface area (Å²) in [5, 5.41) is 3.27. The highest BCUT2D eigenvalue weighted by Crippen LogP contribution is 2.22. The number of aromatic amines is 1. The van der Waals surface area contributed by atoms with E-state index in [0.29, 0.717) is 5.92 Å². The standard InChI is InChI=1S/C11H15N3S/c1-8(5-12)4-11-14-10(7-15-11)9-2-3-13-6-9/h2-3,6-8,13H,4-5,12H2,1H3. The number of nitrogens with zero attached hydrogens (tertiary/aromatic N) is 1. The van der Waals surface area contributed by atoms with Crippen molar-refractivity contribution in [1.82, 2.24) is 9.97 Å². The van der Waals surface area contributed by atoms with Crippen molar-refractivity contribution in [1.29, 1.82) is 0 Å². The van der Waals surface area contributed by atoms with Gasteiger partial charge in [-0.3, -0.25) is 0 Å². The van der Waals surface area contributed by atoms with Gasteiger partial charge in [0.15, 0.2) is 0 Å². The molecule has 0 aliphatic carbocycles. The van der Waals surface area contributed by atoms with Crippen molar-refractivity contribution in [3.63, 3.8) is 0 Å². The molecule has 15 heavy (non-hydrogen) atoms. The summed E-state index contributed by atoms with van der Waals surface area (Å²) < 4.78 is 0. The highest BCUT2D eigenvalue weighted by molar-refractivity contribution is 7.09. The van der Waals surface area contributed by atoms with E-state index in [-0.39, 0.29) is 0 Å². The smallest absolute Gasteiger partial charge is 0.0935 e. The van der Waals surface area contributed by atoms with Crippen molar-refractivity contribution in [2.24, 2.45) is 11.7 Å². The number of thiazole rings is 1. The van der Waals surface area contributed by atoms with Crippen LogP contribution in [0, 0.1) is 5.92 Å². The molecule has 0 spiro atoms. The Morgan fingerprint density at radius 3 is 3.13 bits per heavy atom. The first kappa shape index (κ1) is 10.4. The van der Waals surface area contributed by atoms with Crippen LogP contribution in [0.1, 0.15) is 11.9 Å². The predicted molar refractivity (Wildman–Crippen MR) is 63.8 cm³/mol. The van der Waals surface area contributed by atoms with Crippen LogP contribution in [0.2, 0.25) is 0 Å². The van der Waals surface area contributed by atoms with Crippen LogP contribution in [0.5, 0.6) is 0 Å². The quantitative estimate of drug-likeness (QED) is 0.832. The fraction of sp³-hybridized carbons (Fsp3) is 0.364. The maximum absolute atomic E-state index is 5.59. The second-order valence-corrected chi connectivity index (χ2v) is 4.71. The van der Waals surface area contributed by atoms with Gasteiger partial charge in [-0.1, -0.05) is 6.92 Å². The molecule has 0 aromatic carbocycles. The Hall–Kier alpha value is -1.13. The van der Waals surface area contributed by atoms with Crippen molar-refractivity contribution in [2.45, 2.75) is 13.3 Å². The number of nitrogens with two attached hydrogens (primary N) is 1. The third kappa shape index (κ3) is 2.46. The normalized spacial score (nSPS) is 12.9. The van der Waals surface area contributed by atoms with Crippen LogP contribution in [0.15, 0.2) is 23.8 Å². The summed E-state index contributed by atoms with van der Waals surface area (Å²) >= 11 is 1.71. The highest BCUT2D eigenvalue weighted by atomic mass is 32.1. The van der Waals surface area contributed by atoms with Gasteiger partial charge in [-0.15, -0.1) is 11.3 Å². The molecule has 0 fully saturated rings. The summed E-state index contributed by atoms with van der Waals surface area (Å²) in [6.45, 7) is 2.87. The monoisotopic (exact) mass is 221 g/mol. The molecule has 3 nitrogen and oxygen atoms in total. The molecule has 0 aliphatic heterocycles. The number of aromatic nitrogens is 2. The third-order valence-electron chi connectivity index (χ3n) is 2.37. The molecule has 2 rings (SSSR count). The van der Waals surface area contributed by atoms with E-state index in [4.69, 9.17) is 5.73 Å². The third-order valence-corrected chi connectivity index (χ3v) is 3.24. The lowest BCUT2D eigenvalue weighted by molar-refractivity contribution is 0.591. The molecule has 1 atom stereocenters. The lowest BCUT2D eigenvalue weighted by Gasteiger charge is -2.03. The summed E-state index contributed by atoms with van der Waals surface area (Å²) in [6, 6.07) is 2.03. The van der Waals surface area contributed by atoms with E-state index in [9.17, 15) is 0 Å². The van der Waals surface area contributed by atoms with Crippen LogP contribution < -0.4 is 5.73 Å². The molecule has 3 N–H and O–H groups in total. The van der Waals surface area contributed by atoms with Gasteiger partial charge in [-0.05, 0) is 18.5 Å². The molecule has 0 aliphatic rings. The van der Waals surface area contributed by atoms with Crippen molar-refractivity contribution in [3.05, 3.63) is 28.8 Å². The van der Waals surface area contributed by atoms with Gasteiger partial charge in [0.1, 0.15) is 0 Å². The summed E-state index contributed by atoms with van der Waals surface area (Å²) in [4.78, 5) is 7.62. The highest BCUT2D eigenvalue weighted by Gasteiger charge is 2.07. The maximum Gasteiger partial charge on any atom is 0.0935 e. The van der Waals surface area contributed by atoms with Gasteiger partial charge >= 0.3 is 0 Å². The molecule has 2 aromatic heterocycles. The van der Waals surface area contributed by atoms with Gasteiger partial charge in [0, 0.05) is 29.8 Å². The first-order valence-electron chi connectivity index (χ1n) is 5.07. The molecule has 0 amide bonds. The molecule has 0 radical (unpaired) electrons. The molecule has 4 heteroatoms. The van der Waals surface area contributed by atoms with Crippen LogP contribution in [0.25, 0.3) is 11.3 Å². The zero-order chi connectivity index (χ0) is 10.7. The van der Waals surface area contributed by atoms with Crippen LogP contribution in [0.4, 0.5) is 0 Å². The van der Waals surface area contributed by atoms with E-state index in [1.807, 2.05) is 18.5 Å². The molecule has 0 bridgehead atoms. The first-order valence-corrected chi connectivity index (χ1v) is 5.95. The molecule has 0 saturated heterocycles. The Morgan fingerprint density at radius 1 is 1.60 bits per heavy atom. The molecule has 80 valence electrons. The lowest BCUT2D eigenvalue weighted by atomic mass is 10.1. The Bertz CT molecular complexity index is 405. The van der Waals surface area contributed by atoms with Crippen molar-refractivity contribution >= 4 is 11.3 Å². The van der Waals surface area contributed by atoms with E-state index in [2.05, 4.69) is 22.3 Å².